The second kappa shape index (κ2) is 13.3. The van der Waals surface area contributed by atoms with Crippen LogP contribution in [-0.4, -0.2) is 11.1 Å². The zero-order valence-electron chi connectivity index (χ0n) is 32.6. The first-order chi connectivity index (χ1) is 29.2. The van der Waals surface area contributed by atoms with Gasteiger partial charge in [0.1, 0.15) is 5.69 Å². The fourth-order valence-corrected chi connectivity index (χ4v) is 11.2. The number of aromatic nitrogens is 1. The minimum absolute atomic E-state index is 0.654. The maximum Gasteiger partial charge on any atom is 0.151 e. The fourth-order valence-electron chi connectivity index (χ4n) is 9.98. The van der Waals surface area contributed by atoms with Gasteiger partial charge < -0.3 is 4.57 Å². The molecule has 3 heterocycles. The van der Waals surface area contributed by atoms with Crippen LogP contribution in [0.1, 0.15) is 6.92 Å². The van der Waals surface area contributed by atoms with Gasteiger partial charge in [-0.3, -0.25) is 0 Å². The van der Waals surface area contributed by atoms with Crippen LogP contribution in [0.5, 0.6) is 0 Å². The Labute approximate surface area is 347 Å². The Hall–Kier alpha value is -7.04. The summed E-state index contributed by atoms with van der Waals surface area (Å²) in [7, 11) is 0. The molecule has 0 saturated heterocycles. The molecule has 1 unspecified atom stereocenters. The van der Waals surface area contributed by atoms with E-state index < -0.39 is 0 Å². The SMILES string of the molecule is CC[N+]1(c2cc(-c3cccc(-c4ccccc4)c3)c3sc4ccccc4c3c2)c2ccccc2-c2cc(-c3ccc4c(c3)c3ccccc3n4-c3ccccc3)ccc21. The van der Waals surface area contributed by atoms with Crippen molar-refractivity contribution in [1.29, 1.82) is 0 Å². The summed E-state index contributed by atoms with van der Waals surface area (Å²) in [6.45, 7) is 3.23. The van der Waals surface area contributed by atoms with Gasteiger partial charge in [-0.2, -0.15) is 0 Å². The normalized spacial score (nSPS) is 14.7. The molecule has 2 aromatic heterocycles. The maximum atomic E-state index is 2.50. The molecule has 3 heteroatoms. The average Bonchev–Trinajstić information content (AvgIpc) is 3.95. The molecule has 0 bridgehead atoms. The highest BCUT2D eigenvalue weighted by Gasteiger charge is 2.45. The van der Waals surface area contributed by atoms with Crippen molar-refractivity contribution in [3.8, 4) is 50.2 Å². The van der Waals surface area contributed by atoms with E-state index in [0.717, 1.165) is 6.54 Å². The monoisotopic (exact) mass is 771 g/mol. The average molecular weight is 772 g/mol. The van der Waals surface area contributed by atoms with Crippen molar-refractivity contribution in [2.75, 3.05) is 6.54 Å². The van der Waals surface area contributed by atoms with Gasteiger partial charge in [0.05, 0.1) is 23.1 Å². The van der Waals surface area contributed by atoms with Crippen LogP contribution in [0.4, 0.5) is 17.1 Å². The lowest BCUT2D eigenvalue weighted by Gasteiger charge is -2.34. The predicted molar refractivity (Wildman–Crippen MR) is 254 cm³/mol. The molecule has 59 heavy (non-hydrogen) atoms. The predicted octanol–water partition coefficient (Wildman–Crippen LogP) is 16.1. The van der Waals surface area contributed by atoms with E-state index >= 15 is 0 Å². The van der Waals surface area contributed by atoms with Gasteiger partial charge in [-0.05, 0) is 95.4 Å². The Bertz CT molecular complexity index is 3430. The molecule has 0 fully saturated rings. The van der Waals surface area contributed by atoms with E-state index in [9.17, 15) is 0 Å². The van der Waals surface area contributed by atoms with Crippen LogP contribution in [0.3, 0.4) is 0 Å². The van der Waals surface area contributed by atoms with E-state index in [0.29, 0.717) is 4.48 Å². The Morgan fingerprint density at radius 2 is 1.05 bits per heavy atom. The number of fused-ring (bicyclic) bond motifs is 9. The molecule has 0 aliphatic carbocycles. The summed E-state index contributed by atoms with van der Waals surface area (Å²) in [5.74, 6) is 0. The van der Waals surface area contributed by atoms with Gasteiger partial charge in [-0.1, -0.05) is 121 Å². The summed E-state index contributed by atoms with van der Waals surface area (Å²) in [4.78, 5) is 0. The number of rotatable bonds is 6. The van der Waals surface area contributed by atoms with Crippen molar-refractivity contribution in [2.24, 2.45) is 0 Å². The summed E-state index contributed by atoms with van der Waals surface area (Å²) in [5, 5.41) is 5.17. The lowest BCUT2D eigenvalue weighted by molar-refractivity contribution is 0.557. The molecule has 278 valence electrons. The van der Waals surface area contributed by atoms with E-state index in [1.165, 1.54) is 109 Å². The van der Waals surface area contributed by atoms with Crippen LogP contribution in [0.2, 0.25) is 0 Å². The number of quaternary nitrogens is 1. The van der Waals surface area contributed by atoms with E-state index in [2.05, 4.69) is 218 Å². The van der Waals surface area contributed by atoms with Crippen molar-refractivity contribution >= 4 is 70.4 Å². The molecule has 1 atom stereocenters. The molecule has 1 aliphatic rings. The van der Waals surface area contributed by atoms with E-state index in [1.54, 1.807) is 0 Å². The summed E-state index contributed by atoms with van der Waals surface area (Å²) < 4.78 is 5.70. The third-order valence-corrected chi connectivity index (χ3v) is 13.9. The number of hydrogen-bond acceptors (Lipinski definition) is 1. The third kappa shape index (κ3) is 5.09. The molecule has 0 amide bonds. The third-order valence-electron chi connectivity index (χ3n) is 12.7. The lowest BCUT2D eigenvalue weighted by Crippen LogP contribution is -2.36. The van der Waals surface area contributed by atoms with Crippen LogP contribution in [0.25, 0.3) is 92.2 Å². The van der Waals surface area contributed by atoms with Crippen molar-refractivity contribution < 1.29 is 0 Å². The quantitative estimate of drug-likeness (QED) is 0.148. The van der Waals surface area contributed by atoms with Crippen molar-refractivity contribution in [1.82, 2.24) is 9.05 Å². The molecule has 0 N–H and O–H groups in total. The zero-order chi connectivity index (χ0) is 39.1. The number of benzene rings is 9. The van der Waals surface area contributed by atoms with E-state index in [-0.39, 0.29) is 0 Å². The highest BCUT2D eigenvalue weighted by atomic mass is 32.1. The highest BCUT2D eigenvalue weighted by Crippen LogP contribution is 2.59. The number of hydrogen-bond donors (Lipinski definition) is 0. The Morgan fingerprint density at radius 1 is 0.407 bits per heavy atom. The van der Waals surface area contributed by atoms with Gasteiger partial charge in [0, 0.05) is 72.0 Å². The Morgan fingerprint density at radius 3 is 1.92 bits per heavy atom. The first-order valence-electron chi connectivity index (χ1n) is 20.5. The van der Waals surface area contributed by atoms with Crippen LogP contribution in [0.15, 0.2) is 206 Å². The van der Waals surface area contributed by atoms with Gasteiger partial charge in [-0.15, -0.1) is 11.3 Å². The minimum Gasteiger partial charge on any atom is -0.309 e. The van der Waals surface area contributed by atoms with Gasteiger partial charge in [-0.25, -0.2) is 4.48 Å². The Balaban J connectivity index is 1.06. The molecular weight excluding hydrogens is 733 g/mol. The first-order valence-corrected chi connectivity index (χ1v) is 21.3. The molecule has 12 rings (SSSR count). The maximum absolute atomic E-state index is 2.50. The molecule has 9 aromatic carbocycles. The fraction of sp³-hybridized carbons (Fsp3) is 0.0357. The van der Waals surface area contributed by atoms with Crippen LogP contribution in [-0.2, 0) is 0 Å². The highest BCUT2D eigenvalue weighted by molar-refractivity contribution is 7.26. The van der Waals surface area contributed by atoms with Gasteiger partial charge in [0.2, 0.25) is 0 Å². The molecule has 0 radical (unpaired) electrons. The van der Waals surface area contributed by atoms with Gasteiger partial charge in [0.15, 0.2) is 11.4 Å². The largest absolute Gasteiger partial charge is 0.309 e. The molecule has 0 saturated carbocycles. The topological polar surface area (TPSA) is 4.93 Å². The molecular formula is C56H39N2S+. The lowest BCUT2D eigenvalue weighted by atomic mass is 9.96. The minimum atomic E-state index is 0.654. The van der Waals surface area contributed by atoms with Crippen LogP contribution < -0.4 is 4.48 Å². The Kier molecular flexibility index (Phi) is 7.65. The second-order valence-electron chi connectivity index (χ2n) is 15.7. The molecule has 2 nitrogen and oxygen atoms in total. The second-order valence-corrected chi connectivity index (χ2v) is 16.8. The zero-order valence-corrected chi connectivity index (χ0v) is 33.5. The number of para-hydroxylation sites is 3. The molecule has 0 spiro atoms. The summed E-state index contributed by atoms with van der Waals surface area (Å²) in [6, 6.07) is 76.6. The smallest absolute Gasteiger partial charge is 0.151 e. The summed E-state index contributed by atoms with van der Waals surface area (Å²) >= 11 is 1.91. The number of thiophene rings is 1. The molecule has 1 aliphatic heterocycles. The van der Waals surface area contributed by atoms with E-state index in [1.807, 2.05) is 11.3 Å². The van der Waals surface area contributed by atoms with Crippen LogP contribution in [0, 0.1) is 0 Å². The van der Waals surface area contributed by atoms with Crippen molar-refractivity contribution in [3.05, 3.63) is 206 Å². The first kappa shape index (κ1) is 34.0. The van der Waals surface area contributed by atoms with Crippen molar-refractivity contribution in [2.45, 2.75) is 6.92 Å². The summed E-state index contributed by atoms with van der Waals surface area (Å²) in [5.41, 5.74) is 17.6. The van der Waals surface area contributed by atoms with Gasteiger partial charge >= 0.3 is 0 Å². The van der Waals surface area contributed by atoms with Crippen LogP contribution >= 0.6 is 11.3 Å². The molecule has 11 aromatic rings. The van der Waals surface area contributed by atoms with E-state index in [4.69, 9.17) is 0 Å². The van der Waals surface area contributed by atoms with Crippen molar-refractivity contribution in [3.63, 3.8) is 0 Å². The summed E-state index contributed by atoms with van der Waals surface area (Å²) in [6.07, 6.45) is 0. The van der Waals surface area contributed by atoms with Gasteiger partial charge in [0.25, 0.3) is 0 Å². The standard InChI is InChI=1S/C56H39N2S/c1-2-58(43-35-47(56-50(36-43)46-24-11-14-27-55(46)59-56)41-19-15-18-38(32-41)37-16-5-3-6-17-37)53-26-13-10-23-45(53)49-34-40(29-31-54(49)58)39-28-30-52-48(33-39)44-22-9-12-25-51(44)57(52)42-20-7-4-8-21-42/h3-36H,2H2,1H3/q+1. The number of nitrogens with zero attached hydrogens (tertiary/aromatic N) is 2.